The van der Waals surface area contributed by atoms with Crippen LogP contribution in [0, 0.1) is 18.8 Å². The minimum atomic E-state index is -0.373. The van der Waals surface area contributed by atoms with E-state index in [2.05, 4.69) is 298 Å². The van der Waals surface area contributed by atoms with Gasteiger partial charge in [-0.3, -0.25) is 0 Å². The number of anilines is 4. The fraction of sp³-hybridized carbons (Fsp3) is 0.239. The minimum absolute atomic E-state index is 0. The molecule has 10 aromatic rings. The fourth-order valence-electron chi connectivity index (χ4n) is 11.2. The van der Waals surface area contributed by atoms with Crippen molar-refractivity contribution in [1.29, 1.82) is 0 Å². The van der Waals surface area contributed by atoms with Crippen LogP contribution in [0.2, 0.25) is 0 Å². The monoisotopic (exact) mass is 1190 g/mol. The largest absolute Gasteiger partial charge is 0.509 e. The van der Waals surface area contributed by atoms with E-state index in [1.165, 1.54) is 38.9 Å². The van der Waals surface area contributed by atoms with Gasteiger partial charge < -0.3 is 19.1 Å². The van der Waals surface area contributed by atoms with Gasteiger partial charge in [-0.05, 0) is 97.6 Å². The molecule has 1 aliphatic heterocycles. The first kappa shape index (κ1) is 53.2. The van der Waals surface area contributed by atoms with E-state index in [0.29, 0.717) is 11.5 Å². The summed E-state index contributed by atoms with van der Waals surface area (Å²) in [6, 6.07) is 75.7. The number of aromatic nitrogens is 2. The molecule has 8 aromatic carbocycles. The Hall–Kier alpha value is -7.20. The zero-order chi connectivity index (χ0) is 53.4. The summed E-state index contributed by atoms with van der Waals surface area (Å²) in [7, 11) is 0. The zero-order valence-electron chi connectivity index (χ0n) is 46.6. The van der Waals surface area contributed by atoms with Crippen molar-refractivity contribution in [1.82, 2.24) is 9.55 Å². The number of ether oxygens (including phenoxy) is 1. The molecule has 0 unspecified atom stereocenters. The summed E-state index contributed by atoms with van der Waals surface area (Å²) in [4.78, 5) is 9.64. The number of nitrogens with zero attached hydrogens (tertiary/aromatic N) is 4. The first-order chi connectivity index (χ1) is 36.2. The molecule has 11 rings (SSSR count). The molecule has 0 radical (unpaired) electrons. The topological polar surface area (TPSA) is 33.5 Å². The van der Waals surface area contributed by atoms with Crippen molar-refractivity contribution >= 4 is 44.6 Å². The van der Waals surface area contributed by atoms with Gasteiger partial charge in [-0.25, -0.2) is 4.98 Å². The van der Waals surface area contributed by atoms with Crippen molar-refractivity contribution in [3.8, 4) is 17.3 Å². The molecule has 5 nitrogen and oxygen atoms in total. The van der Waals surface area contributed by atoms with E-state index in [4.69, 9.17) is 9.72 Å². The Morgan fingerprint density at radius 2 is 0.974 bits per heavy atom. The second-order valence-electron chi connectivity index (χ2n) is 24.3. The van der Waals surface area contributed by atoms with Crippen molar-refractivity contribution < 1.29 is 25.8 Å². The van der Waals surface area contributed by atoms with Gasteiger partial charge in [-0.2, -0.15) is 6.07 Å². The van der Waals surface area contributed by atoms with Gasteiger partial charge in [0.15, 0.2) is 0 Å². The molecular weight excluding hydrogens is 1120 g/mol. The SMILES string of the molecule is CC(C)(C)c1cc(Oc2[c-]c3c(cc2)c2ccccc2n3-c2cc(C(C)(C)C)ccn2)[c-]c(N2[CH-]N(c3cccc(C(C)(C)c4ccccc4)c3)c3cc(C(C)(C)c4ccccc4)c(C(C)(C)c4ccccc4)cc32)c1.[Pt]. The Labute approximate surface area is 471 Å². The molecule has 0 N–H and O–H groups in total. The average Bonchev–Trinajstić information content (AvgIpc) is 4.11. The molecule has 77 heavy (non-hydrogen) atoms. The number of rotatable bonds is 11. The van der Waals surface area contributed by atoms with Crippen molar-refractivity contribution in [3.63, 3.8) is 0 Å². The Morgan fingerprint density at radius 3 is 1.57 bits per heavy atom. The van der Waals surface area contributed by atoms with Crippen LogP contribution in [0.3, 0.4) is 0 Å². The van der Waals surface area contributed by atoms with Crippen LogP contribution < -0.4 is 14.5 Å². The quantitative estimate of drug-likeness (QED) is 0.121. The van der Waals surface area contributed by atoms with Gasteiger partial charge in [0.25, 0.3) is 0 Å². The van der Waals surface area contributed by atoms with E-state index in [9.17, 15) is 0 Å². The predicted octanol–water partition coefficient (Wildman–Crippen LogP) is 18.6. The molecule has 0 amide bonds. The second-order valence-corrected chi connectivity index (χ2v) is 24.3. The summed E-state index contributed by atoms with van der Waals surface area (Å²) in [5.41, 5.74) is 14.7. The van der Waals surface area contributed by atoms with Crippen LogP contribution in [0.15, 0.2) is 194 Å². The second kappa shape index (κ2) is 20.0. The molecule has 1 aliphatic rings. The maximum Gasteiger partial charge on any atom is 0.135 e. The van der Waals surface area contributed by atoms with Gasteiger partial charge in [-0.15, -0.1) is 53.6 Å². The number of benzene rings is 8. The summed E-state index contributed by atoms with van der Waals surface area (Å²) >= 11 is 0. The molecule has 392 valence electrons. The number of hydrogen-bond acceptors (Lipinski definition) is 4. The van der Waals surface area contributed by atoms with Crippen molar-refractivity contribution in [2.75, 3.05) is 9.80 Å². The van der Waals surface area contributed by atoms with Crippen LogP contribution in [0.1, 0.15) is 128 Å². The maximum atomic E-state index is 7.03. The van der Waals surface area contributed by atoms with E-state index in [-0.39, 0.29) is 48.1 Å². The molecule has 2 aromatic heterocycles. The molecule has 0 atom stereocenters. The summed E-state index contributed by atoms with van der Waals surface area (Å²) < 4.78 is 9.25. The number of para-hydroxylation sites is 1. The smallest absolute Gasteiger partial charge is 0.135 e. The van der Waals surface area contributed by atoms with Crippen LogP contribution in [-0.2, 0) is 48.1 Å². The molecule has 6 heteroatoms. The van der Waals surface area contributed by atoms with Crippen LogP contribution in [0.4, 0.5) is 22.7 Å². The van der Waals surface area contributed by atoms with Gasteiger partial charge >= 0.3 is 0 Å². The third-order valence-electron chi connectivity index (χ3n) is 16.1. The van der Waals surface area contributed by atoms with Crippen LogP contribution >= 0.6 is 0 Å². The molecule has 0 bridgehead atoms. The molecule has 0 fully saturated rings. The average molecular weight is 1190 g/mol. The summed E-state index contributed by atoms with van der Waals surface area (Å²) in [5, 5.41) is 2.22. The molecule has 0 saturated heterocycles. The Bertz CT molecular complexity index is 3770. The molecule has 0 saturated carbocycles. The van der Waals surface area contributed by atoms with Crippen molar-refractivity contribution in [2.24, 2.45) is 0 Å². The van der Waals surface area contributed by atoms with Crippen LogP contribution in [-0.4, -0.2) is 9.55 Å². The molecule has 3 heterocycles. The van der Waals surface area contributed by atoms with Crippen molar-refractivity contribution in [3.05, 3.63) is 258 Å². The molecular formula is C71H69N4OPt-3. The first-order valence-electron chi connectivity index (χ1n) is 26.8. The summed E-state index contributed by atoms with van der Waals surface area (Å²) in [6.45, 7) is 29.9. The Kier molecular flexibility index (Phi) is 13.8. The van der Waals surface area contributed by atoms with Crippen molar-refractivity contribution in [2.45, 2.75) is 110 Å². The number of fused-ring (bicyclic) bond motifs is 4. The van der Waals surface area contributed by atoms with E-state index < -0.39 is 0 Å². The number of pyridine rings is 1. The molecule has 0 aliphatic carbocycles. The van der Waals surface area contributed by atoms with E-state index in [1.54, 1.807) is 0 Å². The zero-order valence-corrected chi connectivity index (χ0v) is 48.8. The Balaban J connectivity index is 0.00000672. The van der Waals surface area contributed by atoms with E-state index in [1.807, 2.05) is 12.3 Å². The van der Waals surface area contributed by atoms with E-state index >= 15 is 0 Å². The normalized spacial score (nSPS) is 13.2. The summed E-state index contributed by atoms with van der Waals surface area (Å²) in [6.07, 6.45) is 1.92. The van der Waals surface area contributed by atoms with Gasteiger partial charge in [0.05, 0.1) is 0 Å². The Morgan fingerprint density at radius 1 is 0.429 bits per heavy atom. The number of hydrogen-bond donors (Lipinski definition) is 0. The predicted molar refractivity (Wildman–Crippen MR) is 317 cm³/mol. The third-order valence-corrected chi connectivity index (χ3v) is 16.1. The van der Waals surface area contributed by atoms with Crippen LogP contribution in [0.25, 0.3) is 27.6 Å². The molecule has 0 spiro atoms. The maximum absolute atomic E-state index is 7.03. The van der Waals surface area contributed by atoms with Gasteiger partial charge in [-0.1, -0.05) is 210 Å². The summed E-state index contributed by atoms with van der Waals surface area (Å²) in [5.74, 6) is 2.06. The van der Waals surface area contributed by atoms with Gasteiger partial charge in [0, 0.05) is 77.6 Å². The first-order valence-corrected chi connectivity index (χ1v) is 26.8. The van der Waals surface area contributed by atoms with Crippen LogP contribution in [0.5, 0.6) is 11.5 Å². The van der Waals surface area contributed by atoms with Gasteiger partial charge in [0.1, 0.15) is 5.82 Å². The standard InChI is InChI=1S/C71H69N4O.Pt/c1-67(2,3)51-37-38-72-66(42-51)75-62-34-23-22-33-58(62)59-36-35-56(44-63(59)75)76-57-41-53(68(4,5)6)40-55(43-57)74-47-73(54-32-24-31-52(39-54)69(7,8)48-25-16-13-17-26-48)64-45-60(70(9,10)49-27-18-14-19-28-49)61(46-65(64)74)71(11,12)50-29-20-15-21-30-50;/h13-42,45-47H,1-12H3;/q-3;. The third kappa shape index (κ3) is 9.82. The van der Waals surface area contributed by atoms with E-state index in [0.717, 1.165) is 55.9 Å². The minimum Gasteiger partial charge on any atom is -0.509 e. The van der Waals surface area contributed by atoms with Gasteiger partial charge in [0.2, 0.25) is 0 Å². The fourth-order valence-corrected chi connectivity index (χ4v) is 11.2.